The quantitative estimate of drug-likeness (QED) is 0.0691. The molecule has 3 aromatic heterocycles. The molecule has 0 spiro atoms. The third-order valence-corrected chi connectivity index (χ3v) is 6.58. The maximum absolute atomic E-state index is 12.7. The van der Waals surface area contributed by atoms with E-state index >= 15 is 0 Å². The van der Waals surface area contributed by atoms with E-state index in [0.717, 1.165) is 11.8 Å². The molecule has 0 bridgehead atoms. The molecule has 0 saturated heterocycles. The molecule has 1 atom stereocenters. The third kappa shape index (κ3) is 11.3. The Bertz CT molecular complexity index is 1480. The molecule has 1 unspecified atom stereocenters. The smallest absolute Gasteiger partial charge is 0.326 e. The Morgan fingerprint density at radius 1 is 1.07 bits per heavy atom. The number of fused-ring (bicyclic) bond motifs is 1. The Morgan fingerprint density at radius 2 is 1.82 bits per heavy atom. The topological polar surface area (TPSA) is 176 Å². The van der Waals surface area contributed by atoms with Gasteiger partial charge in [-0.25, -0.2) is 4.98 Å². The van der Waals surface area contributed by atoms with Gasteiger partial charge in [0.15, 0.2) is 10.6 Å². The number of nitrogens with zero attached hydrogens (tertiary/aromatic N) is 3. The number of carbonyl (C=O) groups is 3. The number of pyridine rings is 1. The summed E-state index contributed by atoms with van der Waals surface area (Å²) < 4.78 is 23.5. The van der Waals surface area contributed by atoms with Gasteiger partial charge in [0, 0.05) is 24.5 Å². The number of ether oxygens (including phenoxy) is 4. The number of H-pyrrole nitrogens is 1. The Hall–Kier alpha value is -3.95. The third-order valence-electron chi connectivity index (χ3n) is 5.63. The number of aromatic amines is 1. The highest BCUT2D eigenvalue weighted by Gasteiger charge is 2.19. The normalized spacial score (nSPS) is 12.2. The number of esters is 3. The molecule has 3 aromatic rings. The highest BCUT2D eigenvalue weighted by atomic mass is 32.2. The first-order chi connectivity index (χ1) is 20.8. The van der Waals surface area contributed by atoms with Crippen LogP contribution in [0.15, 0.2) is 40.5 Å². The molecule has 0 amide bonds. The van der Waals surface area contributed by atoms with Crippen molar-refractivity contribution >= 4 is 46.5 Å². The van der Waals surface area contributed by atoms with Crippen molar-refractivity contribution in [1.82, 2.24) is 24.8 Å². The molecule has 0 aliphatic rings. The van der Waals surface area contributed by atoms with Crippen molar-refractivity contribution in [3.8, 4) is 0 Å². The molecule has 240 valence electrons. The molecule has 3 rings (SSSR count). The molecule has 0 radical (unpaired) electrons. The molecule has 3 heterocycles. The largest absolute Gasteiger partial charge is 0.460 e. The zero-order valence-electron chi connectivity index (χ0n) is 25.8. The number of anilines is 1. The van der Waals surface area contributed by atoms with Gasteiger partial charge in [-0.15, -0.1) is 0 Å². The molecular weight excluding hydrogens is 592 g/mol. The van der Waals surface area contributed by atoms with Gasteiger partial charge in [-0.3, -0.25) is 24.5 Å². The van der Waals surface area contributed by atoms with E-state index in [0.29, 0.717) is 40.7 Å². The molecule has 0 aromatic carbocycles. The fraction of sp³-hybridized carbons (Fsp3) is 0.517. The van der Waals surface area contributed by atoms with Gasteiger partial charge in [0.25, 0.3) is 5.56 Å². The standard InChI is InChI=1S/C29H40N6O8S/c1-18(2)40-13-12-35-21-9-11-31-25(21)27(39)34-28(35)44-19(3)42-23(37)16-33-26-20(8-7-10-32-26)17-41-22(36)14-30-15-24(38)43-29(4,5)6/h7-11,18-19,30-31H,12-17H2,1-6H3,(H,32,33). The maximum atomic E-state index is 12.7. The van der Waals surface area contributed by atoms with Crippen LogP contribution in [-0.4, -0.2) is 80.8 Å². The summed E-state index contributed by atoms with van der Waals surface area (Å²) in [6, 6.07) is 5.17. The summed E-state index contributed by atoms with van der Waals surface area (Å²) in [5.41, 5.74) is -0.0735. The Kier molecular flexibility index (Phi) is 12.7. The van der Waals surface area contributed by atoms with Crippen molar-refractivity contribution in [2.24, 2.45) is 0 Å². The first-order valence-electron chi connectivity index (χ1n) is 14.1. The van der Waals surface area contributed by atoms with Gasteiger partial charge in [-0.1, -0.05) is 6.07 Å². The fourth-order valence-electron chi connectivity index (χ4n) is 3.87. The summed E-state index contributed by atoms with van der Waals surface area (Å²) >= 11 is 1.14. The van der Waals surface area contributed by atoms with E-state index in [9.17, 15) is 19.2 Å². The predicted octanol–water partition coefficient (Wildman–Crippen LogP) is 2.61. The summed E-state index contributed by atoms with van der Waals surface area (Å²) in [4.78, 5) is 60.4. The van der Waals surface area contributed by atoms with Crippen LogP contribution in [0.25, 0.3) is 11.0 Å². The maximum Gasteiger partial charge on any atom is 0.326 e. The molecule has 0 aliphatic heterocycles. The molecule has 0 fully saturated rings. The van der Waals surface area contributed by atoms with Gasteiger partial charge in [-0.2, -0.15) is 4.98 Å². The van der Waals surface area contributed by atoms with Crippen LogP contribution in [0.5, 0.6) is 0 Å². The minimum absolute atomic E-state index is 0.0482. The van der Waals surface area contributed by atoms with Crippen LogP contribution in [0.4, 0.5) is 5.82 Å². The van der Waals surface area contributed by atoms with Crippen LogP contribution in [-0.2, 0) is 46.5 Å². The van der Waals surface area contributed by atoms with E-state index in [1.54, 1.807) is 52.1 Å². The van der Waals surface area contributed by atoms with E-state index in [4.69, 9.17) is 18.9 Å². The van der Waals surface area contributed by atoms with Crippen molar-refractivity contribution < 1.29 is 33.3 Å². The molecule has 0 saturated carbocycles. The van der Waals surface area contributed by atoms with Crippen molar-refractivity contribution in [1.29, 1.82) is 0 Å². The lowest BCUT2D eigenvalue weighted by atomic mass is 10.2. The van der Waals surface area contributed by atoms with Crippen LogP contribution in [0.1, 0.15) is 47.1 Å². The predicted molar refractivity (Wildman–Crippen MR) is 164 cm³/mol. The molecule has 0 aliphatic carbocycles. The van der Waals surface area contributed by atoms with Gasteiger partial charge in [0.1, 0.15) is 30.1 Å². The van der Waals surface area contributed by atoms with Crippen LogP contribution in [0.3, 0.4) is 0 Å². The number of hydrogen-bond acceptors (Lipinski definition) is 13. The number of thioether (sulfide) groups is 1. The van der Waals surface area contributed by atoms with Gasteiger partial charge >= 0.3 is 17.9 Å². The minimum Gasteiger partial charge on any atom is -0.460 e. The van der Waals surface area contributed by atoms with Crippen LogP contribution < -0.4 is 16.2 Å². The van der Waals surface area contributed by atoms with Gasteiger partial charge in [-0.05, 0) is 65.4 Å². The SMILES string of the molecule is CC(C)OCCn1c(SC(C)OC(=O)CNc2ncccc2COC(=O)CNCC(=O)OC(C)(C)C)nc(=O)c2[nH]ccc21. The number of nitrogens with one attached hydrogen (secondary N) is 3. The van der Waals surface area contributed by atoms with Gasteiger partial charge in [0.2, 0.25) is 0 Å². The lowest BCUT2D eigenvalue weighted by Gasteiger charge is -2.19. The van der Waals surface area contributed by atoms with Crippen LogP contribution >= 0.6 is 11.8 Å². The van der Waals surface area contributed by atoms with E-state index in [1.807, 2.05) is 18.4 Å². The fourth-order valence-corrected chi connectivity index (χ4v) is 4.78. The van der Waals surface area contributed by atoms with E-state index in [2.05, 4.69) is 25.6 Å². The van der Waals surface area contributed by atoms with Crippen molar-refractivity contribution in [2.75, 3.05) is 31.6 Å². The number of rotatable bonds is 16. The molecular formula is C29H40N6O8S. The van der Waals surface area contributed by atoms with Crippen LogP contribution in [0, 0.1) is 0 Å². The van der Waals surface area contributed by atoms with Crippen molar-refractivity contribution in [3.63, 3.8) is 0 Å². The zero-order valence-corrected chi connectivity index (χ0v) is 26.6. The summed E-state index contributed by atoms with van der Waals surface area (Å²) in [5, 5.41) is 6.00. The van der Waals surface area contributed by atoms with Gasteiger partial charge < -0.3 is 33.8 Å². The first-order valence-corrected chi connectivity index (χ1v) is 15.0. The Morgan fingerprint density at radius 3 is 2.55 bits per heavy atom. The monoisotopic (exact) mass is 632 g/mol. The van der Waals surface area contributed by atoms with Crippen molar-refractivity contribution in [3.05, 3.63) is 46.5 Å². The second-order valence-electron chi connectivity index (χ2n) is 10.9. The minimum atomic E-state index is -0.665. The Labute approximate surface area is 259 Å². The first kappa shape index (κ1) is 34.5. The summed E-state index contributed by atoms with van der Waals surface area (Å²) in [6.45, 7) is 11.1. The average Bonchev–Trinajstić information content (AvgIpc) is 3.42. The summed E-state index contributed by atoms with van der Waals surface area (Å²) in [5.74, 6) is -1.27. The van der Waals surface area contributed by atoms with Crippen molar-refractivity contribution in [2.45, 2.75) is 77.0 Å². The number of aromatic nitrogens is 4. The lowest BCUT2D eigenvalue weighted by molar-refractivity contribution is -0.153. The average molecular weight is 633 g/mol. The molecule has 44 heavy (non-hydrogen) atoms. The van der Waals surface area contributed by atoms with E-state index < -0.39 is 34.5 Å². The summed E-state index contributed by atoms with van der Waals surface area (Å²) in [6.07, 6.45) is 3.26. The summed E-state index contributed by atoms with van der Waals surface area (Å²) in [7, 11) is 0. The van der Waals surface area contributed by atoms with E-state index in [-0.39, 0.29) is 32.3 Å². The second-order valence-corrected chi connectivity index (χ2v) is 12.2. The Balaban J connectivity index is 1.50. The second kappa shape index (κ2) is 16.2. The molecule has 15 heteroatoms. The lowest BCUT2D eigenvalue weighted by Crippen LogP contribution is -2.34. The number of hydrogen-bond donors (Lipinski definition) is 3. The van der Waals surface area contributed by atoms with E-state index in [1.165, 1.54) is 6.20 Å². The van der Waals surface area contributed by atoms with Crippen LogP contribution in [0.2, 0.25) is 0 Å². The highest BCUT2D eigenvalue weighted by molar-refractivity contribution is 7.99. The molecule has 3 N–H and O–H groups in total. The molecule has 14 nitrogen and oxygen atoms in total. The number of carbonyl (C=O) groups excluding carboxylic acids is 3. The zero-order chi connectivity index (χ0) is 32.3. The van der Waals surface area contributed by atoms with Gasteiger partial charge in [0.05, 0.1) is 31.3 Å². The highest BCUT2D eigenvalue weighted by Crippen LogP contribution is 2.24.